The van der Waals surface area contributed by atoms with Gasteiger partial charge in [-0.25, -0.2) is 4.79 Å². The number of nitrogens with zero attached hydrogens (tertiary/aromatic N) is 1. The van der Waals surface area contributed by atoms with Crippen molar-refractivity contribution in [3.05, 3.63) is 29.3 Å². The van der Waals surface area contributed by atoms with Gasteiger partial charge in [-0.15, -0.1) is 6.42 Å². The van der Waals surface area contributed by atoms with Crippen molar-refractivity contribution in [2.24, 2.45) is 0 Å². The van der Waals surface area contributed by atoms with Crippen molar-refractivity contribution in [3.63, 3.8) is 0 Å². The summed E-state index contributed by atoms with van der Waals surface area (Å²) in [5, 5.41) is 0. The van der Waals surface area contributed by atoms with Gasteiger partial charge in [-0.3, -0.25) is 4.90 Å². The maximum Gasteiger partial charge on any atom is 0.411 e. The van der Waals surface area contributed by atoms with Crippen molar-refractivity contribution in [1.29, 1.82) is 0 Å². The molecule has 1 aromatic rings. The van der Waals surface area contributed by atoms with Crippen LogP contribution in [0.15, 0.2) is 18.2 Å². The highest BCUT2D eigenvalue weighted by Crippen LogP contribution is 2.37. The molecule has 1 atom stereocenters. The van der Waals surface area contributed by atoms with Crippen LogP contribution in [0.1, 0.15) is 44.4 Å². The van der Waals surface area contributed by atoms with Crippen LogP contribution in [0, 0.1) is 12.3 Å². The first-order valence-corrected chi connectivity index (χ1v) is 7.13. The van der Waals surface area contributed by atoms with Crippen LogP contribution in [0.3, 0.4) is 0 Å². The number of amides is 1. The molecule has 0 bridgehead atoms. The Labute approximate surface area is 126 Å². The molecular formula is C17H22N2O2. The molecule has 1 aliphatic rings. The smallest absolute Gasteiger partial charge is 0.411 e. The number of ether oxygens (including phenoxy) is 1. The Morgan fingerprint density at radius 1 is 1.52 bits per heavy atom. The van der Waals surface area contributed by atoms with Crippen molar-refractivity contribution >= 4 is 11.8 Å². The average Bonchev–Trinajstić information content (AvgIpc) is 2.76. The third kappa shape index (κ3) is 3.49. The highest BCUT2D eigenvalue weighted by Gasteiger charge is 2.33. The monoisotopic (exact) mass is 286 g/mol. The molecule has 1 amide bonds. The van der Waals surface area contributed by atoms with E-state index in [1.807, 2.05) is 39.0 Å². The van der Waals surface area contributed by atoms with E-state index in [-0.39, 0.29) is 18.7 Å². The number of benzene rings is 1. The topological polar surface area (TPSA) is 55.6 Å². The minimum Gasteiger partial charge on any atom is -0.444 e. The van der Waals surface area contributed by atoms with Crippen molar-refractivity contribution in [2.75, 3.05) is 12.3 Å². The molecule has 112 valence electrons. The summed E-state index contributed by atoms with van der Waals surface area (Å²) in [5.41, 5.74) is 8.33. The third-order valence-corrected chi connectivity index (χ3v) is 3.48. The van der Waals surface area contributed by atoms with Gasteiger partial charge in [0, 0.05) is 5.69 Å². The molecule has 2 N–H and O–H groups in total. The second-order valence-electron chi connectivity index (χ2n) is 6.33. The van der Waals surface area contributed by atoms with Gasteiger partial charge in [0.25, 0.3) is 0 Å². The summed E-state index contributed by atoms with van der Waals surface area (Å²) >= 11 is 0. The zero-order chi connectivity index (χ0) is 15.6. The molecular weight excluding hydrogens is 264 g/mol. The molecule has 21 heavy (non-hydrogen) atoms. The van der Waals surface area contributed by atoms with E-state index in [1.165, 1.54) is 5.56 Å². The zero-order valence-electron chi connectivity index (χ0n) is 12.8. The lowest BCUT2D eigenvalue weighted by Gasteiger charge is -2.30. The maximum absolute atomic E-state index is 12.4. The maximum atomic E-state index is 12.4. The summed E-state index contributed by atoms with van der Waals surface area (Å²) < 4.78 is 5.47. The van der Waals surface area contributed by atoms with Gasteiger partial charge < -0.3 is 10.5 Å². The fraction of sp³-hybridized carbons (Fsp3) is 0.471. The van der Waals surface area contributed by atoms with Gasteiger partial charge in [-0.2, -0.15) is 0 Å². The molecule has 1 aromatic carbocycles. The van der Waals surface area contributed by atoms with Crippen LogP contribution >= 0.6 is 0 Å². The second-order valence-corrected chi connectivity index (χ2v) is 6.33. The van der Waals surface area contributed by atoms with Crippen molar-refractivity contribution in [1.82, 2.24) is 4.90 Å². The van der Waals surface area contributed by atoms with E-state index in [1.54, 1.807) is 4.90 Å². The minimum absolute atomic E-state index is 0.0607. The number of nitrogens with two attached hydrogens (primary N) is 1. The van der Waals surface area contributed by atoms with Gasteiger partial charge in [-0.05, 0) is 56.9 Å². The SMILES string of the molecule is C#CCN(C(=O)OC(C)(C)C)C1CCc2ccc(N)cc21. The minimum atomic E-state index is -0.541. The summed E-state index contributed by atoms with van der Waals surface area (Å²) in [6, 6.07) is 5.78. The van der Waals surface area contributed by atoms with Gasteiger partial charge in [0.15, 0.2) is 0 Å². The fourth-order valence-electron chi connectivity index (χ4n) is 2.64. The molecule has 0 radical (unpaired) electrons. The second kappa shape index (κ2) is 5.69. The number of carbonyl (C=O) groups is 1. The number of fused-ring (bicyclic) bond motifs is 1. The molecule has 0 heterocycles. The molecule has 0 saturated carbocycles. The van der Waals surface area contributed by atoms with Crippen LogP contribution in [0.4, 0.5) is 10.5 Å². The van der Waals surface area contributed by atoms with Gasteiger partial charge in [-0.1, -0.05) is 12.0 Å². The van der Waals surface area contributed by atoms with Crippen LogP contribution in [0.25, 0.3) is 0 Å². The first-order valence-electron chi connectivity index (χ1n) is 7.13. The number of aryl methyl sites for hydroxylation is 1. The lowest BCUT2D eigenvalue weighted by molar-refractivity contribution is 0.0190. The van der Waals surface area contributed by atoms with Crippen LogP contribution in [-0.4, -0.2) is 23.1 Å². The van der Waals surface area contributed by atoms with E-state index >= 15 is 0 Å². The average molecular weight is 286 g/mol. The standard InChI is InChI=1S/C17H22N2O2/c1-5-10-19(16(20)21-17(2,3)4)15-9-7-12-6-8-13(18)11-14(12)15/h1,6,8,11,15H,7,9-10,18H2,2-4H3. The van der Waals surface area contributed by atoms with Crippen molar-refractivity contribution < 1.29 is 9.53 Å². The normalized spacial score (nSPS) is 17.0. The molecule has 0 saturated heterocycles. The summed E-state index contributed by atoms with van der Waals surface area (Å²) in [6.45, 7) is 5.77. The summed E-state index contributed by atoms with van der Waals surface area (Å²) in [5.74, 6) is 2.55. The predicted octanol–water partition coefficient (Wildman–Crippen LogP) is 3.13. The van der Waals surface area contributed by atoms with Crippen molar-refractivity contribution in [3.8, 4) is 12.3 Å². The van der Waals surface area contributed by atoms with Crippen molar-refractivity contribution in [2.45, 2.75) is 45.3 Å². The van der Waals surface area contributed by atoms with Crippen LogP contribution in [-0.2, 0) is 11.2 Å². The highest BCUT2D eigenvalue weighted by molar-refractivity contribution is 5.70. The molecule has 0 spiro atoms. The molecule has 0 aromatic heterocycles. The Morgan fingerprint density at radius 3 is 2.86 bits per heavy atom. The zero-order valence-corrected chi connectivity index (χ0v) is 12.8. The lowest BCUT2D eigenvalue weighted by Crippen LogP contribution is -2.39. The van der Waals surface area contributed by atoms with Crippen LogP contribution < -0.4 is 5.73 Å². The number of rotatable bonds is 2. The molecule has 4 heteroatoms. The molecule has 4 nitrogen and oxygen atoms in total. The Bertz CT molecular complexity index is 581. The first kappa shape index (κ1) is 15.2. The summed E-state index contributed by atoms with van der Waals surface area (Å²) in [6.07, 6.45) is 6.82. The van der Waals surface area contributed by atoms with E-state index < -0.39 is 5.60 Å². The lowest BCUT2D eigenvalue weighted by atomic mass is 10.1. The van der Waals surface area contributed by atoms with E-state index in [0.29, 0.717) is 5.69 Å². The van der Waals surface area contributed by atoms with Crippen LogP contribution in [0.5, 0.6) is 0 Å². The molecule has 1 unspecified atom stereocenters. The first-order chi connectivity index (χ1) is 9.81. The van der Waals surface area contributed by atoms with Gasteiger partial charge in [0.05, 0.1) is 12.6 Å². The number of anilines is 1. The number of terminal acetylenes is 1. The number of hydrogen-bond donors (Lipinski definition) is 1. The van der Waals surface area contributed by atoms with Gasteiger partial charge >= 0.3 is 6.09 Å². The largest absolute Gasteiger partial charge is 0.444 e. The number of nitrogen functional groups attached to an aromatic ring is 1. The van der Waals surface area contributed by atoms with E-state index in [2.05, 4.69) is 5.92 Å². The Morgan fingerprint density at radius 2 is 2.24 bits per heavy atom. The van der Waals surface area contributed by atoms with E-state index in [4.69, 9.17) is 16.9 Å². The summed E-state index contributed by atoms with van der Waals surface area (Å²) in [4.78, 5) is 14.0. The Kier molecular flexibility index (Phi) is 4.13. The quantitative estimate of drug-likeness (QED) is 0.671. The molecule has 2 rings (SSSR count). The molecule has 1 aliphatic carbocycles. The Hall–Kier alpha value is -2.15. The third-order valence-electron chi connectivity index (χ3n) is 3.48. The molecule has 0 fully saturated rings. The van der Waals surface area contributed by atoms with Gasteiger partial charge in [0.1, 0.15) is 5.60 Å². The predicted molar refractivity (Wildman–Crippen MR) is 83.7 cm³/mol. The van der Waals surface area contributed by atoms with Gasteiger partial charge in [0.2, 0.25) is 0 Å². The fourth-order valence-corrected chi connectivity index (χ4v) is 2.64. The Balaban J connectivity index is 2.27. The number of carbonyl (C=O) groups excluding carboxylic acids is 1. The van der Waals surface area contributed by atoms with E-state index in [9.17, 15) is 4.79 Å². The number of hydrogen-bond acceptors (Lipinski definition) is 3. The summed E-state index contributed by atoms with van der Waals surface area (Å²) in [7, 11) is 0. The van der Waals surface area contributed by atoms with Crippen LogP contribution in [0.2, 0.25) is 0 Å². The highest BCUT2D eigenvalue weighted by atomic mass is 16.6. The molecule has 0 aliphatic heterocycles. The van der Waals surface area contributed by atoms with E-state index in [0.717, 1.165) is 18.4 Å².